The van der Waals surface area contributed by atoms with Gasteiger partial charge >= 0.3 is 0 Å². The fraction of sp³-hybridized carbons (Fsp3) is 0.310. The Labute approximate surface area is 205 Å². The van der Waals surface area contributed by atoms with Crippen LogP contribution >= 0.6 is 0 Å². The van der Waals surface area contributed by atoms with Gasteiger partial charge in [0.1, 0.15) is 0 Å². The number of nitrogens with two attached hydrogens (primary N) is 2. The van der Waals surface area contributed by atoms with E-state index < -0.39 is 0 Å². The van der Waals surface area contributed by atoms with E-state index in [9.17, 15) is 0 Å². The normalized spacial score (nSPS) is 17.6. The number of rotatable bonds is 11. The van der Waals surface area contributed by atoms with E-state index in [1.165, 1.54) is 12.0 Å². The molecule has 5 N–H and O–H groups in total. The average Bonchev–Trinajstić information content (AvgIpc) is 2.86. The number of benzene rings is 2. The molecule has 0 bridgehead atoms. The van der Waals surface area contributed by atoms with Crippen LogP contribution in [0.3, 0.4) is 0 Å². The molecule has 1 fully saturated rings. The van der Waals surface area contributed by atoms with E-state index in [4.69, 9.17) is 11.5 Å². The van der Waals surface area contributed by atoms with Crippen LogP contribution in [-0.2, 0) is 13.1 Å². The monoisotopic (exact) mass is 457 g/mol. The van der Waals surface area contributed by atoms with E-state index in [1.807, 2.05) is 25.4 Å². The van der Waals surface area contributed by atoms with Gasteiger partial charge in [-0.25, -0.2) is 0 Å². The number of nitrogens with zero attached hydrogens (tertiary/aromatic N) is 2. The van der Waals surface area contributed by atoms with Gasteiger partial charge in [0, 0.05) is 44.1 Å². The number of nitrogens with one attached hydrogen (secondary N) is 1. The topological polar surface area (TPSA) is 70.5 Å². The molecule has 5 heteroatoms. The number of hydrogen-bond acceptors (Lipinski definition) is 5. The van der Waals surface area contributed by atoms with Crippen LogP contribution in [0.25, 0.3) is 0 Å². The molecule has 0 radical (unpaired) electrons. The molecule has 0 aromatic heterocycles. The number of piperidine rings is 1. The second kappa shape index (κ2) is 12.3. The van der Waals surface area contributed by atoms with Crippen molar-refractivity contribution in [3.8, 4) is 0 Å². The molecule has 0 saturated carbocycles. The van der Waals surface area contributed by atoms with Crippen molar-refractivity contribution in [1.82, 2.24) is 9.80 Å². The molecule has 3 rings (SSSR count). The van der Waals surface area contributed by atoms with E-state index in [-0.39, 0.29) is 6.04 Å². The lowest BCUT2D eigenvalue weighted by molar-refractivity contribution is 0.121. The smallest absolute Gasteiger partial charge is 0.0571 e. The van der Waals surface area contributed by atoms with Gasteiger partial charge in [-0.15, -0.1) is 0 Å². The van der Waals surface area contributed by atoms with Gasteiger partial charge in [-0.05, 0) is 60.0 Å². The third kappa shape index (κ3) is 6.19. The number of likely N-dealkylation sites (tertiary alicyclic amines) is 1. The summed E-state index contributed by atoms with van der Waals surface area (Å²) in [6, 6.07) is 14.8. The molecule has 0 aliphatic carbocycles. The second-order valence-corrected chi connectivity index (χ2v) is 8.84. The van der Waals surface area contributed by atoms with Crippen molar-refractivity contribution in [1.29, 1.82) is 0 Å². The highest BCUT2D eigenvalue weighted by Gasteiger charge is 2.25. The molecule has 34 heavy (non-hydrogen) atoms. The van der Waals surface area contributed by atoms with Crippen molar-refractivity contribution in [2.24, 2.45) is 5.73 Å². The number of allylic oxidation sites excluding steroid dienone is 2. The van der Waals surface area contributed by atoms with E-state index in [0.717, 1.165) is 55.0 Å². The van der Waals surface area contributed by atoms with Gasteiger partial charge in [0.25, 0.3) is 0 Å². The summed E-state index contributed by atoms with van der Waals surface area (Å²) >= 11 is 0. The van der Waals surface area contributed by atoms with Gasteiger partial charge in [0.2, 0.25) is 0 Å². The van der Waals surface area contributed by atoms with E-state index >= 15 is 0 Å². The molecule has 2 aromatic carbocycles. The zero-order valence-electron chi connectivity index (χ0n) is 20.4. The quantitative estimate of drug-likeness (QED) is 0.319. The van der Waals surface area contributed by atoms with Gasteiger partial charge in [-0.2, -0.15) is 0 Å². The second-order valence-electron chi connectivity index (χ2n) is 8.84. The number of nitrogen functional groups attached to an aromatic ring is 1. The molecule has 1 saturated heterocycles. The summed E-state index contributed by atoms with van der Waals surface area (Å²) < 4.78 is 0. The molecule has 180 valence electrons. The Balaban J connectivity index is 1.81. The Morgan fingerprint density at radius 1 is 1.24 bits per heavy atom. The Morgan fingerprint density at radius 3 is 2.65 bits per heavy atom. The molecule has 1 aliphatic rings. The third-order valence-electron chi connectivity index (χ3n) is 6.60. The summed E-state index contributed by atoms with van der Waals surface area (Å²) in [6.07, 6.45) is 9.65. The largest absolute Gasteiger partial charge is 0.398 e. The maximum Gasteiger partial charge on any atom is 0.0571 e. The fourth-order valence-electron chi connectivity index (χ4n) is 4.75. The minimum absolute atomic E-state index is 0.367. The predicted molar refractivity (Wildman–Crippen MR) is 146 cm³/mol. The van der Waals surface area contributed by atoms with Crippen molar-refractivity contribution in [3.05, 3.63) is 109 Å². The van der Waals surface area contributed by atoms with Crippen LogP contribution in [0.4, 0.5) is 11.4 Å². The van der Waals surface area contributed by atoms with Gasteiger partial charge in [0.05, 0.1) is 6.04 Å². The third-order valence-corrected chi connectivity index (χ3v) is 6.60. The first-order chi connectivity index (χ1) is 16.5. The Kier molecular flexibility index (Phi) is 9.14. The zero-order valence-corrected chi connectivity index (χ0v) is 20.4. The molecule has 0 spiro atoms. The van der Waals surface area contributed by atoms with Gasteiger partial charge in [-0.1, -0.05) is 68.3 Å². The highest BCUT2D eigenvalue weighted by Crippen LogP contribution is 2.32. The van der Waals surface area contributed by atoms with Crippen LogP contribution in [0.15, 0.2) is 92.2 Å². The lowest BCUT2D eigenvalue weighted by atomic mass is 9.94. The molecular formula is C29H39N5. The Hall–Kier alpha value is -3.28. The van der Waals surface area contributed by atoms with E-state index in [0.29, 0.717) is 11.7 Å². The Bertz CT molecular complexity index is 1010. The SMILES string of the molecule is C=C/C=C(\C=C)C(N)c1cc(CN(C=C)C2CCCN(Cc3ccccc3)C2)c(NC)cc1N. The van der Waals surface area contributed by atoms with Crippen LogP contribution in [0.5, 0.6) is 0 Å². The van der Waals surface area contributed by atoms with Crippen molar-refractivity contribution in [2.75, 3.05) is 31.2 Å². The first kappa shape index (κ1) is 25.3. The molecule has 0 amide bonds. The van der Waals surface area contributed by atoms with Gasteiger partial charge < -0.3 is 21.7 Å². The van der Waals surface area contributed by atoms with E-state index in [1.54, 1.807) is 12.2 Å². The number of hydrogen-bond donors (Lipinski definition) is 3. The molecule has 2 atom stereocenters. The van der Waals surface area contributed by atoms with Crippen LogP contribution in [0.1, 0.15) is 35.6 Å². The van der Waals surface area contributed by atoms with Crippen molar-refractivity contribution < 1.29 is 0 Å². The van der Waals surface area contributed by atoms with Gasteiger partial charge in [0.15, 0.2) is 0 Å². The van der Waals surface area contributed by atoms with E-state index in [2.05, 4.69) is 71.3 Å². The van der Waals surface area contributed by atoms with Crippen molar-refractivity contribution in [2.45, 2.75) is 38.0 Å². The maximum atomic E-state index is 6.57. The van der Waals surface area contributed by atoms with Crippen molar-refractivity contribution >= 4 is 11.4 Å². The first-order valence-corrected chi connectivity index (χ1v) is 12.0. The summed E-state index contributed by atoms with van der Waals surface area (Å²) in [5.74, 6) is 0. The average molecular weight is 458 g/mol. The fourth-order valence-corrected chi connectivity index (χ4v) is 4.75. The highest BCUT2D eigenvalue weighted by molar-refractivity contribution is 5.65. The first-order valence-electron chi connectivity index (χ1n) is 12.0. The highest BCUT2D eigenvalue weighted by atomic mass is 15.2. The van der Waals surface area contributed by atoms with Crippen LogP contribution in [-0.4, -0.2) is 36.0 Å². The summed E-state index contributed by atoms with van der Waals surface area (Å²) in [4.78, 5) is 4.90. The predicted octanol–water partition coefficient (Wildman–Crippen LogP) is 5.22. The minimum atomic E-state index is -0.367. The van der Waals surface area contributed by atoms with Gasteiger partial charge in [-0.3, -0.25) is 4.90 Å². The van der Waals surface area contributed by atoms with Crippen molar-refractivity contribution in [3.63, 3.8) is 0 Å². The van der Waals surface area contributed by atoms with Crippen LogP contribution < -0.4 is 16.8 Å². The summed E-state index contributed by atoms with van der Waals surface area (Å²) in [5, 5.41) is 3.30. The summed E-state index contributed by atoms with van der Waals surface area (Å²) in [6.45, 7) is 15.7. The Morgan fingerprint density at radius 2 is 2.00 bits per heavy atom. The molecule has 1 aliphatic heterocycles. The summed E-state index contributed by atoms with van der Waals surface area (Å²) in [5.41, 5.74) is 18.9. The minimum Gasteiger partial charge on any atom is -0.398 e. The molecule has 2 aromatic rings. The van der Waals surface area contributed by atoms with Crippen LogP contribution in [0, 0.1) is 0 Å². The summed E-state index contributed by atoms with van der Waals surface area (Å²) in [7, 11) is 1.92. The molecule has 1 heterocycles. The lowest BCUT2D eigenvalue weighted by Crippen LogP contribution is -2.45. The van der Waals surface area contributed by atoms with Crippen LogP contribution in [0.2, 0.25) is 0 Å². The standard InChI is InChI=1S/C29H39N5/c1-5-12-23(6-2)29(31)26-17-24(28(32-4)18-27(26)30)20-34(7-3)25-15-11-16-33(21-25)19-22-13-9-8-10-14-22/h5-10,12-14,17-18,25,29,32H,1-3,11,15-16,19-21,30-31H2,4H3/b23-12+. The zero-order chi connectivity index (χ0) is 24.5. The number of anilines is 2. The maximum absolute atomic E-state index is 6.57. The molecule has 2 unspecified atom stereocenters. The lowest BCUT2D eigenvalue weighted by Gasteiger charge is -2.39. The molecular weight excluding hydrogens is 418 g/mol. The molecule has 5 nitrogen and oxygen atoms in total.